The molecule has 0 saturated heterocycles. The van der Waals surface area contributed by atoms with Crippen LogP contribution >= 0.6 is 0 Å². The third kappa shape index (κ3) is 2.98. The van der Waals surface area contributed by atoms with Gasteiger partial charge in [-0.1, -0.05) is 0 Å². The molecule has 3 N–H and O–H groups in total. The van der Waals surface area contributed by atoms with E-state index in [1.54, 1.807) is 0 Å². The lowest BCUT2D eigenvalue weighted by Gasteiger charge is -2.06. The van der Waals surface area contributed by atoms with Gasteiger partial charge >= 0.3 is 0 Å². The Hall–Kier alpha value is -1.91. The number of nitrogens with zero attached hydrogens (tertiary/aromatic N) is 1. The highest BCUT2D eigenvalue weighted by molar-refractivity contribution is 7.92. The Morgan fingerprint density at radius 3 is 2.00 bits per heavy atom. The van der Waals surface area contributed by atoms with E-state index in [2.05, 4.69) is 19.4 Å². The van der Waals surface area contributed by atoms with Gasteiger partial charge in [-0.3, -0.25) is 0 Å². The van der Waals surface area contributed by atoms with Crippen LogP contribution in [0.4, 0.5) is 5.95 Å². The lowest BCUT2D eigenvalue weighted by atomic mass is 10.4. The van der Waals surface area contributed by atoms with E-state index >= 15 is 0 Å². The van der Waals surface area contributed by atoms with E-state index in [0.717, 1.165) is 0 Å². The maximum atomic E-state index is 12.0. The number of benzene rings is 1. The van der Waals surface area contributed by atoms with Gasteiger partial charge in [-0.25, -0.2) is 31.3 Å². The Kier molecular flexibility index (Phi) is 3.79. The van der Waals surface area contributed by atoms with E-state index in [9.17, 15) is 16.8 Å². The smallest absolute Gasteiger partial charge is 0.264 e. The first-order chi connectivity index (χ1) is 9.35. The molecule has 10 heteroatoms. The molecule has 108 valence electrons. The normalized spacial score (nSPS) is 12.2. The summed E-state index contributed by atoms with van der Waals surface area (Å²) < 4.78 is 51.4. The van der Waals surface area contributed by atoms with E-state index in [0.29, 0.717) is 0 Å². The van der Waals surface area contributed by atoms with Gasteiger partial charge in [0, 0.05) is 12.4 Å². The van der Waals surface area contributed by atoms with Gasteiger partial charge in [0.05, 0.1) is 9.79 Å². The predicted molar refractivity (Wildman–Crippen MR) is 72.1 cm³/mol. The first kappa shape index (κ1) is 14.5. The topological polar surface area (TPSA) is 121 Å². The van der Waals surface area contributed by atoms with Crippen LogP contribution in [0, 0.1) is 0 Å². The van der Waals surface area contributed by atoms with Crippen molar-refractivity contribution < 1.29 is 16.8 Å². The average molecular weight is 316 g/mol. The molecule has 0 atom stereocenters. The molecule has 0 aliphatic rings. The van der Waals surface area contributed by atoms with E-state index < -0.39 is 20.0 Å². The summed E-state index contributed by atoms with van der Waals surface area (Å²) in [7, 11) is -6.13. The fourth-order valence-electron chi connectivity index (χ4n) is 1.42. The van der Waals surface area contributed by atoms with Gasteiger partial charge in [-0.05, 0) is 31.3 Å². The van der Waals surface area contributed by atoms with Crippen molar-refractivity contribution in [1.82, 2.24) is 14.7 Å². The minimum Gasteiger partial charge on any atom is -0.330 e. The van der Waals surface area contributed by atoms with Crippen molar-refractivity contribution in [2.45, 2.75) is 9.79 Å². The summed E-state index contributed by atoms with van der Waals surface area (Å²) in [5, 5.41) is 0. The fourth-order valence-corrected chi connectivity index (χ4v) is 3.13. The second kappa shape index (κ2) is 5.23. The molecule has 0 radical (unpaired) electrons. The summed E-state index contributed by atoms with van der Waals surface area (Å²) in [6, 6.07) is 4.83. The summed E-state index contributed by atoms with van der Waals surface area (Å²) >= 11 is 0. The molecule has 0 aliphatic heterocycles. The molecule has 2 rings (SSSR count). The van der Waals surface area contributed by atoms with Crippen LogP contribution < -0.4 is 9.44 Å². The predicted octanol–water partition coefficient (Wildman–Crippen LogP) is 0.119. The highest BCUT2D eigenvalue weighted by Crippen LogP contribution is 2.16. The minimum absolute atomic E-state index is 0.0167. The number of hydrogen-bond donors (Lipinski definition) is 3. The zero-order valence-corrected chi connectivity index (χ0v) is 12.0. The van der Waals surface area contributed by atoms with Gasteiger partial charge < -0.3 is 4.98 Å². The van der Waals surface area contributed by atoms with Crippen molar-refractivity contribution in [1.29, 1.82) is 0 Å². The van der Waals surface area contributed by atoms with Gasteiger partial charge in [0.25, 0.3) is 10.0 Å². The monoisotopic (exact) mass is 316 g/mol. The molecular formula is C10H12N4O4S2. The molecule has 2 aromatic rings. The second-order valence-corrected chi connectivity index (χ2v) is 7.29. The van der Waals surface area contributed by atoms with Crippen LogP contribution in [0.3, 0.4) is 0 Å². The highest BCUT2D eigenvalue weighted by atomic mass is 32.2. The molecule has 0 amide bonds. The van der Waals surface area contributed by atoms with E-state index in [4.69, 9.17) is 0 Å². The largest absolute Gasteiger partial charge is 0.330 e. The number of sulfonamides is 2. The molecule has 0 fully saturated rings. The average Bonchev–Trinajstić information content (AvgIpc) is 2.91. The van der Waals surface area contributed by atoms with Crippen molar-refractivity contribution in [2.24, 2.45) is 0 Å². The van der Waals surface area contributed by atoms with Crippen molar-refractivity contribution in [3.8, 4) is 0 Å². The Morgan fingerprint density at radius 1 is 1.00 bits per heavy atom. The molecule has 8 nitrogen and oxygen atoms in total. The summed E-state index contributed by atoms with van der Waals surface area (Å²) in [5.74, 6) is 0.0805. The molecule has 1 aromatic carbocycles. The number of nitrogens with one attached hydrogen (secondary N) is 3. The Balaban J connectivity index is 2.30. The number of imidazole rings is 1. The molecule has 0 unspecified atom stereocenters. The van der Waals surface area contributed by atoms with Crippen molar-refractivity contribution in [3.05, 3.63) is 36.7 Å². The molecule has 0 saturated carbocycles. The van der Waals surface area contributed by atoms with Crippen LogP contribution in [-0.2, 0) is 20.0 Å². The van der Waals surface area contributed by atoms with Gasteiger partial charge in [-0.2, -0.15) is 0 Å². The van der Waals surface area contributed by atoms with E-state index in [-0.39, 0.29) is 15.7 Å². The first-order valence-corrected chi connectivity index (χ1v) is 8.37. The van der Waals surface area contributed by atoms with Crippen molar-refractivity contribution in [2.75, 3.05) is 11.8 Å². The number of aromatic nitrogens is 2. The van der Waals surface area contributed by atoms with Gasteiger partial charge in [0.1, 0.15) is 0 Å². The maximum absolute atomic E-state index is 12.0. The molecule has 1 aromatic heterocycles. The van der Waals surface area contributed by atoms with Crippen molar-refractivity contribution in [3.63, 3.8) is 0 Å². The second-order valence-electron chi connectivity index (χ2n) is 3.72. The van der Waals surface area contributed by atoms with E-state index in [1.807, 2.05) is 0 Å². The Morgan fingerprint density at radius 2 is 1.55 bits per heavy atom. The zero-order chi connectivity index (χ0) is 14.8. The number of rotatable bonds is 5. The lowest BCUT2D eigenvalue weighted by Crippen LogP contribution is -2.19. The fraction of sp³-hybridized carbons (Fsp3) is 0.100. The van der Waals surface area contributed by atoms with Crippen LogP contribution in [0.5, 0.6) is 0 Å². The SMILES string of the molecule is CNS(=O)(=O)c1ccc(S(=O)(=O)Nc2ncc[nH]2)cc1. The summed E-state index contributed by atoms with van der Waals surface area (Å²) in [4.78, 5) is 6.26. The summed E-state index contributed by atoms with van der Waals surface area (Å²) in [6.45, 7) is 0. The number of H-pyrrole nitrogens is 1. The molecule has 20 heavy (non-hydrogen) atoms. The van der Waals surface area contributed by atoms with Gasteiger partial charge in [0.15, 0.2) is 0 Å². The molecular weight excluding hydrogens is 304 g/mol. The molecule has 0 spiro atoms. The Bertz CT molecular complexity index is 780. The van der Waals surface area contributed by atoms with Crippen LogP contribution in [0.2, 0.25) is 0 Å². The molecule has 0 bridgehead atoms. The van der Waals surface area contributed by atoms with Gasteiger partial charge in [0.2, 0.25) is 16.0 Å². The van der Waals surface area contributed by atoms with Crippen LogP contribution in [-0.4, -0.2) is 33.9 Å². The van der Waals surface area contributed by atoms with Crippen LogP contribution in [0.1, 0.15) is 0 Å². The van der Waals surface area contributed by atoms with Gasteiger partial charge in [-0.15, -0.1) is 0 Å². The third-order valence-corrected chi connectivity index (χ3v) is 5.23. The first-order valence-electron chi connectivity index (χ1n) is 5.41. The standard InChI is InChI=1S/C10H12N4O4S2/c1-11-19(15,16)8-2-4-9(5-3-8)20(17,18)14-10-12-6-7-13-10/h2-7,11H,1H3,(H2,12,13,14). The third-order valence-electron chi connectivity index (χ3n) is 2.44. The van der Waals surface area contributed by atoms with Crippen LogP contribution in [0.25, 0.3) is 0 Å². The summed E-state index contributed by atoms with van der Waals surface area (Å²) in [6.07, 6.45) is 2.88. The van der Waals surface area contributed by atoms with Crippen molar-refractivity contribution >= 4 is 26.0 Å². The molecule has 0 aliphatic carbocycles. The minimum atomic E-state index is -3.81. The number of aromatic amines is 1. The number of anilines is 1. The molecule has 1 heterocycles. The van der Waals surface area contributed by atoms with E-state index in [1.165, 1.54) is 43.7 Å². The quantitative estimate of drug-likeness (QED) is 0.723. The Labute approximate surface area is 116 Å². The number of hydrogen-bond acceptors (Lipinski definition) is 5. The summed E-state index contributed by atoms with van der Waals surface area (Å²) in [5.41, 5.74) is 0. The van der Waals surface area contributed by atoms with Crippen LogP contribution in [0.15, 0.2) is 46.5 Å². The lowest BCUT2D eigenvalue weighted by molar-refractivity contribution is 0.587. The maximum Gasteiger partial charge on any atom is 0.264 e. The zero-order valence-electron chi connectivity index (χ0n) is 10.4. The highest BCUT2D eigenvalue weighted by Gasteiger charge is 2.17.